The number of hydrogen-bond donors (Lipinski definition) is 1. The molecule has 7 nitrogen and oxygen atoms in total. The second kappa shape index (κ2) is 5.44. The number of rotatable bonds is 6. The summed E-state index contributed by atoms with van der Waals surface area (Å²) in [6.45, 7) is 3.45. The first-order chi connectivity index (χ1) is 8.69. The molecule has 0 atom stereocenters. The van der Waals surface area contributed by atoms with Crippen LogP contribution >= 0.6 is 0 Å². The van der Waals surface area contributed by atoms with Gasteiger partial charge in [-0.05, 0) is 6.92 Å². The van der Waals surface area contributed by atoms with E-state index >= 15 is 0 Å². The highest BCUT2D eigenvalue weighted by Crippen LogP contribution is 2.03. The van der Waals surface area contributed by atoms with Gasteiger partial charge >= 0.3 is 5.97 Å². The van der Waals surface area contributed by atoms with Crippen molar-refractivity contribution in [1.82, 2.24) is 24.5 Å². The summed E-state index contributed by atoms with van der Waals surface area (Å²) < 4.78 is 3.70. The normalized spacial score (nSPS) is 10.7. The Morgan fingerprint density at radius 3 is 3.06 bits per heavy atom. The molecule has 2 aromatic heterocycles. The average Bonchev–Trinajstić information content (AvgIpc) is 2.96. The lowest BCUT2D eigenvalue weighted by molar-refractivity contribution is -0.136. The molecular formula is C11H15N5O2. The Morgan fingerprint density at radius 1 is 1.50 bits per heavy atom. The van der Waals surface area contributed by atoms with Crippen molar-refractivity contribution in [1.29, 1.82) is 0 Å². The van der Waals surface area contributed by atoms with Crippen molar-refractivity contribution in [2.45, 2.75) is 32.9 Å². The lowest BCUT2D eigenvalue weighted by Gasteiger charge is -2.03. The van der Waals surface area contributed by atoms with Crippen molar-refractivity contribution < 1.29 is 9.90 Å². The van der Waals surface area contributed by atoms with E-state index in [4.69, 9.17) is 5.11 Å². The lowest BCUT2D eigenvalue weighted by atomic mass is 10.2. The molecule has 0 aliphatic rings. The van der Waals surface area contributed by atoms with Crippen LogP contribution in [0.25, 0.3) is 0 Å². The van der Waals surface area contributed by atoms with Gasteiger partial charge in [-0.3, -0.25) is 4.79 Å². The number of nitrogens with zero attached hydrogens (tertiary/aromatic N) is 5. The Morgan fingerprint density at radius 2 is 2.33 bits per heavy atom. The molecule has 0 saturated carbocycles. The molecule has 7 heteroatoms. The van der Waals surface area contributed by atoms with Gasteiger partial charge in [-0.2, -0.15) is 0 Å². The maximum absolute atomic E-state index is 10.5. The number of carboxylic acid groups (broad SMARTS) is 1. The average molecular weight is 249 g/mol. The fraction of sp³-hybridized carbons (Fsp3) is 0.455. The molecule has 0 aliphatic heterocycles. The van der Waals surface area contributed by atoms with Gasteiger partial charge in [0, 0.05) is 31.6 Å². The summed E-state index contributed by atoms with van der Waals surface area (Å²) >= 11 is 0. The fourth-order valence-electron chi connectivity index (χ4n) is 1.69. The molecule has 0 fully saturated rings. The van der Waals surface area contributed by atoms with E-state index in [1.807, 2.05) is 17.7 Å². The summed E-state index contributed by atoms with van der Waals surface area (Å²) in [5.74, 6) is 0.0817. The van der Waals surface area contributed by atoms with E-state index in [0.29, 0.717) is 18.7 Å². The number of imidazole rings is 1. The molecule has 0 aromatic carbocycles. The summed E-state index contributed by atoms with van der Waals surface area (Å²) in [5.41, 5.74) is 0.687. The summed E-state index contributed by atoms with van der Waals surface area (Å²) in [6.07, 6.45) is 5.90. The van der Waals surface area contributed by atoms with E-state index in [9.17, 15) is 4.79 Å². The van der Waals surface area contributed by atoms with Gasteiger partial charge in [0.15, 0.2) is 0 Å². The molecular weight excluding hydrogens is 234 g/mol. The van der Waals surface area contributed by atoms with Crippen LogP contribution in [-0.4, -0.2) is 35.6 Å². The van der Waals surface area contributed by atoms with Crippen molar-refractivity contribution in [3.63, 3.8) is 0 Å². The molecule has 0 amide bonds. The molecule has 0 spiro atoms. The fourth-order valence-corrected chi connectivity index (χ4v) is 1.69. The standard InChI is InChI=1S/C11H15N5O2/c1-2-15-6-5-12-10(15)8-16-7-9(13-14-16)3-4-11(17)18/h5-7H,2-4,8H2,1H3,(H,17,18). The molecule has 2 aromatic rings. The van der Waals surface area contributed by atoms with Crippen LogP contribution in [0.5, 0.6) is 0 Å². The van der Waals surface area contributed by atoms with Crippen LogP contribution in [0.2, 0.25) is 0 Å². The first kappa shape index (κ1) is 12.3. The number of hydrogen-bond acceptors (Lipinski definition) is 4. The Hall–Kier alpha value is -2.18. The number of aliphatic carboxylic acids is 1. The minimum Gasteiger partial charge on any atom is -0.481 e. The Bertz CT molecular complexity index is 531. The van der Waals surface area contributed by atoms with Gasteiger partial charge in [-0.25, -0.2) is 9.67 Å². The predicted octanol–water partition coefficient (Wildman–Crippen LogP) is 0.560. The van der Waals surface area contributed by atoms with Gasteiger partial charge in [0.1, 0.15) is 12.4 Å². The van der Waals surface area contributed by atoms with Crippen LogP contribution in [0.15, 0.2) is 18.6 Å². The maximum Gasteiger partial charge on any atom is 0.303 e. The van der Waals surface area contributed by atoms with Crippen molar-refractivity contribution in [3.8, 4) is 0 Å². The van der Waals surface area contributed by atoms with E-state index in [0.717, 1.165) is 12.4 Å². The maximum atomic E-state index is 10.5. The van der Waals surface area contributed by atoms with E-state index in [1.54, 1.807) is 17.1 Å². The highest BCUT2D eigenvalue weighted by molar-refractivity contribution is 5.66. The highest BCUT2D eigenvalue weighted by Gasteiger charge is 2.06. The van der Waals surface area contributed by atoms with Gasteiger partial charge in [0.05, 0.1) is 12.1 Å². The van der Waals surface area contributed by atoms with Crippen molar-refractivity contribution in [3.05, 3.63) is 30.1 Å². The Kier molecular flexibility index (Phi) is 3.71. The zero-order chi connectivity index (χ0) is 13.0. The second-order valence-electron chi connectivity index (χ2n) is 3.93. The van der Waals surface area contributed by atoms with E-state index in [2.05, 4.69) is 15.3 Å². The summed E-state index contributed by atoms with van der Waals surface area (Å²) in [5, 5.41) is 16.5. The minimum absolute atomic E-state index is 0.0717. The number of aromatic nitrogens is 5. The van der Waals surface area contributed by atoms with Crippen LogP contribution in [0.1, 0.15) is 24.9 Å². The quantitative estimate of drug-likeness (QED) is 0.808. The third kappa shape index (κ3) is 2.93. The Balaban J connectivity index is 2.00. The zero-order valence-electron chi connectivity index (χ0n) is 10.2. The van der Waals surface area contributed by atoms with E-state index < -0.39 is 5.97 Å². The first-order valence-electron chi connectivity index (χ1n) is 5.80. The van der Waals surface area contributed by atoms with Crippen molar-refractivity contribution in [2.75, 3.05) is 0 Å². The molecule has 2 heterocycles. The van der Waals surface area contributed by atoms with Gasteiger partial charge < -0.3 is 9.67 Å². The largest absolute Gasteiger partial charge is 0.481 e. The summed E-state index contributed by atoms with van der Waals surface area (Å²) in [6, 6.07) is 0. The lowest BCUT2D eigenvalue weighted by Crippen LogP contribution is -2.08. The highest BCUT2D eigenvalue weighted by atomic mass is 16.4. The van der Waals surface area contributed by atoms with Crippen LogP contribution in [0.4, 0.5) is 0 Å². The molecule has 0 radical (unpaired) electrons. The molecule has 96 valence electrons. The molecule has 18 heavy (non-hydrogen) atoms. The molecule has 1 N–H and O–H groups in total. The summed E-state index contributed by atoms with van der Waals surface area (Å²) in [4.78, 5) is 14.7. The van der Waals surface area contributed by atoms with E-state index in [-0.39, 0.29) is 6.42 Å². The minimum atomic E-state index is -0.828. The molecule has 0 bridgehead atoms. The number of carboxylic acids is 1. The topological polar surface area (TPSA) is 85.8 Å². The third-order valence-electron chi connectivity index (χ3n) is 2.63. The molecule has 2 rings (SSSR count). The predicted molar refractivity (Wildman–Crippen MR) is 63.0 cm³/mol. The van der Waals surface area contributed by atoms with Crippen LogP contribution in [0.3, 0.4) is 0 Å². The molecule has 0 saturated heterocycles. The Labute approximate surface area is 104 Å². The SMILES string of the molecule is CCn1ccnc1Cn1cc(CCC(=O)O)nn1. The van der Waals surface area contributed by atoms with Crippen LogP contribution in [0, 0.1) is 0 Å². The molecule has 0 unspecified atom stereocenters. The van der Waals surface area contributed by atoms with Gasteiger partial charge in [0.25, 0.3) is 0 Å². The zero-order valence-corrected chi connectivity index (χ0v) is 10.2. The number of aryl methyl sites for hydroxylation is 2. The third-order valence-corrected chi connectivity index (χ3v) is 2.63. The van der Waals surface area contributed by atoms with Gasteiger partial charge in [-0.1, -0.05) is 5.21 Å². The second-order valence-corrected chi connectivity index (χ2v) is 3.93. The van der Waals surface area contributed by atoms with Crippen LogP contribution in [-0.2, 0) is 24.3 Å². The number of carbonyl (C=O) groups is 1. The first-order valence-corrected chi connectivity index (χ1v) is 5.80. The monoisotopic (exact) mass is 249 g/mol. The van der Waals surface area contributed by atoms with Gasteiger partial charge in [-0.15, -0.1) is 5.10 Å². The van der Waals surface area contributed by atoms with Gasteiger partial charge in [0.2, 0.25) is 0 Å². The smallest absolute Gasteiger partial charge is 0.303 e. The van der Waals surface area contributed by atoms with Crippen molar-refractivity contribution >= 4 is 5.97 Å². The van der Waals surface area contributed by atoms with Crippen molar-refractivity contribution in [2.24, 2.45) is 0 Å². The molecule has 0 aliphatic carbocycles. The summed E-state index contributed by atoms with van der Waals surface area (Å²) in [7, 11) is 0. The van der Waals surface area contributed by atoms with Crippen LogP contribution < -0.4 is 0 Å². The van der Waals surface area contributed by atoms with E-state index in [1.165, 1.54) is 0 Å².